The number of hydrogen-bond donors (Lipinski definition) is 9. The number of fused-ring (bicyclic) bond motifs is 3. The molecule has 0 aliphatic heterocycles. The lowest BCUT2D eigenvalue weighted by atomic mass is 10.1. The number of halogens is 3. The van der Waals surface area contributed by atoms with Gasteiger partial charge in [0, 0.05) is 50.6 Å². The lowest BCUT2D eigenvalue weighted by Crippen LogP contribution is -2.47. The summed E-state index contributed by atoms with van der Waals surface area (Å²) >= 11 is 6.33. The Bertz CT molecular complexity index is 4240. The van der Waals surface area contributed by atoms with Crippen LogP contribution in [0.3, 0.4) is 0 Å². The Balaban J connectivity index is 0.000000162. The number of nitrogens with zero attached hydrogens (tertiary/aromatic N) is 9. The summed E-state index contributed by atoms with van der Waals surface area (Å²) in [5.41, 5.74) is 8.12. The van der Waals surface area contributed by atoms with E-state index in [1.165, 1.54) is 42.9 Å². The summed E-state index contributed by atoms with van der Waals surface area (Å²) < 4.78 is 45.5. The quantitative estimate of drug-likeness (QED) is 0.0194. The fraction of sp³-hybridized carbons (Fsp3) is 0.183. The normalized spacial score (nSPS) is 11.4. The molecule has 0 fully saturated rings. The zero-order chi connectivity index (χ0) is 64.1. The number of H-pyrrole nitrogens is 3. The Hall–Kier alpha value is -9.98. The molecule has 5 aromatic carbocycles. The molecule has 0 aliphatic rings. The molecule has 24 nitrogen and oxygen atoms in total. The lowest BCUT2D eigenvalue weighted by molar-refractivity contribution is -0.274. The van der Waals surface area contributed by atoms with Crippen molar-refractivity contribution in [1.82, 2.24) is 65.8 Å². The van der Waals surface area contributed by atoms with Crippen molar-refractivity contribution in [1.29, 1.82) is 0 Å². The van der Waals surface area contributed by atoms with Gasteiger partial charge in [0.15, 0.2) is 16.9 Å². The van der Waals surface area contributed by atoms with Crippen LogP contribution in [0.4, 0.5) is 56.0 Å². The third kappa shape index (κ3) is 19.8. The van der Waals surface area contributed by atoms with Gasteiger partial charge in [-0.3, -0.25) is 15.3 Å². The van der Waals surface area contributed by atoms with Crippen molar-refractivity contribution in [3.05, 3.63) is 176 Å². The SMILES string of the molecule is CCOC(=O)C(NC(=O)Nc1cccc(CSc2ncnc3[nH]ncc23)c1)C(C)C.CSc1ccc(NC(=O)Nc2cccc(CSc3ncnc4[nH]ncc34)c2)cc1.O=C(Nc1ccc(OC(F)(F)F)cc1)Nc1cccc(CSc2ncnc3[nH]ncc23)c1. The number of anilines is 5. The molecule has 0 spiro atoms. The lowest BCUT2D eigenvalue weighted by Gasteiger charge is -2.20. The number of thioether (sulfide) groups is 4. The summed E-state index contributed by atoms with van der Waals surface area (Å²) in [4.78, 5) is 75.4. The van der Waals surface area contributed by atoms with Crippen LogP contribution in [0.15, 0.2) is 179 Å². The molecule has 0 saturated carbocycles. The van der Waals surface area contributed by atoms with E-state index in [-0.39, 0.29) is 24.3 Å². The molecule has 6 amide bonds. The average Bonchev–Trinajstić information content (AvgIpc) is 2.01. The number of alkyl halides is 3. The van der Waals surface area contributed by atoms with Gasteiger partial charge in [0.2, 0.25) is 0 Å². The molecular weight excluding hydrogens is 1250 g/mol. The predicted molar refractivity (Wildman–Crippen MR) is 347 cm³/mol. The largest absolute Gasteiger partial charge is 0.573 e. The Labute approximate surface area is 534 Å². The highest BCUT2D eigenvalue weighted by atomic mass is 32.2. The fourth-order valence-electron chi connectivity index (χ4n) is 8.28. The minimum Gasteiger partial charge on any atom is -0.464 e. The van der Waals surface area contributed by atoms with Crippen molar-refractivity contribution in [2.24, 2.45) is 5.92 Å². The number of amides is 6. The predicted octanol–water partition coefficient (Wildman–Crippen LogP) is 13.6. The minimum atomic E-state index is -4.77. The first-order chi connectivity index (χ1) is 44.0. The van der Waals surface area contributed by atoms with E-state index in [9.17, 15) is 32.3 Å². The van der Waals surface area contributed by atoms with E-state index in [1.807, 2.05) is 105 Å². The monoisotopic (exact) mass is 1310 g/mol. The number of carbonyl (C=O) groups is 4. The Morgan fingerprint density at radius 2 is 0.901 bits per heavy atom. The van der Waals surface area contributed by atoms with Crippen LogP contribution in [-0.2, 0) is 26.8 Å². The highest BCUT2D eigenvalue weighted by Gasteiger charge is 2.31. The number of urea groups is 3. The minimum absolute atomic E-state index is 0.0924. The summed E-state index contributed by atoms with van der Waals surface area (Å²) in [6.45, 7) is 5.70. The van der Waals surface area contributed by atoms with E-state index in [0.717, 1.165) is 82.0 Å². The molecule has 468 valence electrons. The molecule has 6 heterocycles. The third-order valence-electron chi connectivity index (χ3n) is 12.5. The summed E-state index contributed by atoms with van der Waals surface area (Å²) in [7, 11) is 0. The smallest absolute Gasteiger partial charge is 0.464 e. The highest BCUT2D eigenvalue weighted by Crippen LogP contribution is 2.31. The second-order valence-corrected chi connectivity index (χ2v) is 23.2. The van der Waals surface area contributed by atoms with E-state index < -0.39 is 30.4 Å². The van der Waals surface area contributed by atoms with Crippen LogP contribution in [0.1, 0.15) is 37.5 Å². The van der Waals surface area contributed by atoms with Crippen LogP contribution in [0, 0.1) is 5.92 Å². The molecule has 91 heavy (non-hydrogen) atoms. The Kier molecular flexibility index (Phi) is 23.0. The zero-order valence-electron chi connectivity index (χ0n) is 48.7. The maximum absolute atomic E-state index is 12.4. The molecule has 11 rings (SSSR count). The number of aromatic amines is 3. The molecule has 11 aromatic rings. The van der Waals surface area contributed by atoms with Gasteiger partial charge in [0.05, 0.1) is 41.4 Å². The van der Waals surface area contributed by atoms with Crippen molar-refractivity contribution < 1.29 is 41.8 Å². The third-order valence-corrected chi connectivity index (χ3v) is 16.5. The molecule has 0 aliphatic carbocycles. The number of carbonyl (C=O) groups excluding carboxylic acids is 4. The number of esters is 1. The molecule has 0 radical (unpaired) electrons. The fourth-order valence-corrected chi connectivity index (χ4v) is 11.4. The van der Waals surface area contributed by atoms with E-state index >= 15 is 0 Å². The van der Waals surface area contributed by atoms with Gasteiger partial charge in [-0.1, -0.05) is 50.2 Å². The number of ether oxygens (including phenoxy) is 2. The van der Waals surface area contributed by atoms with Crippen LogP contribution >= 0.6 is 47.0 Å². The van der Waals surface area contributed by atoms with E-state index in [4.69, 9.17) is 4.74 Å². The second-order valence-electron chi connectivity index (χ2n) is 19.4. The molecule has 6 aromatic heterocycles. The van der Waals surface area contributed by atoms with E-state index in [2.05, 4.69) is 97.1 Å². The van der Waals surface area contributed by atoms with Crippen molar-refractivity contribution in [3.63, 3.8) is 0 Å². The number of aromatic nitrogens is 12. The van der Waals surface area contributed by atoms with Crippen LogP contribution in [0.25, 0.3) is 33.1 Å². The van der Waals surface area contributed by atoms with Crippen molar-refractivity contribution >= 4 is 133 Å². The summed E-state index contributed by atoms with van der Waals surface area (Å²) in [6, 6.07) is 33.2. The summed E-state index contributed by atoms with van der Waals surface area (Å²) in [6.07, 6.45) is 6.84. The number of rotatable bonds is 20. The first-order valence-electron chi connectivity index (χ1n) is 27.5. The summed E-state index contributed by atoms with van der Waals surface area (Å²) in [5, 5.41) is 42.0. The highest BCUT2D eigenvalue weighted by molar-refractivity contribution is 7.99. The van der Waals surface area contributed by atoms with Gasteiger partial charge in [-0.05, 0) is 121 Å². The van der Waals surface area contributed by atoms with Crippen LogP contribution in [0.5, 0.6) is 5.75 Å². The molecular formula is C60H57F3N18O6S4. The van der Waals surface area contributed by atoms with Gasteiger partial charge < -0.3 is 41.4 Å². The Morgan fingerprint density at radius 1 is 0.516 bits per heavy atom. The van der Waals surface area contributed by atoms with Crippen molar-refractivity contribution in [3.8, 4) is 5.75 Å². The molecule has 0 bridgehead atoms. The number of benzene rings is 5. The zero-order valence-corrected chi connectivity index (χ0v) is 52.0. The van der Waals surface area contributed by atoms with Gasteiger partial charge >= 0.3 is 30.4 Å². The maximum Gasteiger partial charge on any atom is 0.573 e. The molecule has 0 saturated heterocycles. The van der Waals surface area contributed by atoms with Crippen LogP contribution in [0.2, 0.25) is 0 Å². The van der Waals surface area contributed by atoms with Crippen LogP contribution in [-0.4, -0.2) is 110 Å². The maximum atomic E-state index is 12.4. The summed E-state index contributed by atoms with van der Waals surface area (Å²) in [5.74, 6) is 1.07. The number of nitrogens with one attached hydrogen (secondary N) is 9. The second kappa shape index (κ2) is 32.0. The molecule has 1 atom stereocenters. The van der Waals surface area contributed by atoms with Gasteiger partial charge in [0.1, 0.15) is 45.9 Å². The van der Waals surface area contributed by atoms with Crippen LogP contribution < -0.4 is 36.6 Å². The first-order valence-corrected chi connectivity index (χ1v) is 31.7. The first kappa shape index (κ1) is 65.5. The van der Waals surface area contributed by atoms with Gasteiger partial charge in [-0.2, -0.15) is 15.3 Å². The Morgan fingerprint density at radius 3 is 1.27 bits per heavy atom. The topological polar surface area (TPSA) is 322 Å². The van der Waals surface area contributed by atoms with Gasteiger partial charge in [-0.15, -0.1) is 60.2 Å². The van der Waals surface area contributed by atoms with Gasteiger partial charge in [0.25, 0.3) is 0 Å². The van der Waals surface area contributed by atoms with E-state index in [0.29, 0.717) is 45.6 Å². The average molecular weight is 1310 g/mol. The molecule has 9 N–H and O–H groups in total. The van der Waals surface area contributed by atoms with Crippen molar-refractivity contribution in [2.75, 3.05) is 39.4 Å². The number of hydrogen-bond acceptors (Lipinski definition) is 19. The van der Waals surface area contributed by atoms with Crippen molar-refractivity contribution in [2.45, 2.75) is 70.4 Å². The molecule has 1 unspecified atom stereocenters. The van der Waals surface area contributed by atoms with Gasteiger partial charge in [-0.25, -0.2) is 49.1 Å². The molecule has 31 heteroatoms. The standard InChI is InChI=1S/C20H15F3N6O2S.C20H24N6O3S.C20H18N6OS2/c21-20(22,23)31-15-6-4-13(5-7-15)27-19(30)28-14-3-1-2-12(8-14)10-32-18-16-9-26-29-17(16)24-11-25-18;1-4-29-19(27)16(12(2)3)25-20(28)24-14-7-5-6-13(8-14)10-30-18-15-9-23-26-17(15)21-11-22-18;1-28-16-7-5-14(6-8-16)24-20(27)25-15-4-2-3-13(9-15)11-29-19-17-10-23-26-18(17)21-12-22-19/h1-9,11H,10H2,(H2,27,28,30)(H,24,25,26,29);5-9,11-12,16H,4,10H2,1-3H3,(H2,24,25,28)(H,21,22,23,26);2-10,12H,11H2,1H3,(H2,24,25,27)(H,21,22,23,26). The van der Waals surface area contributed by atoms with E-state index in [1.54, 1.807) is 72.9 Å².